The molecular formula is C22H27FIN7. The van der Waals surface area contributed by atoms with Crippen LogP contribution < -0.4 is 15.5 Å². The van der Waals surface area contributed by atoms with Crippen molar-refractivity contribution in [2.24, 2.45) is 4.99 Å². The summed E-state index contributed by atoms with van der Waals surface area (Å²) in [6.07, 6.45) is 6.27. The van der Waals surface area contributed by atoms with Gasteiger partial charge in [-0.25, -0.2) is 9.37 Å². The summed E-state index contributed by atoms with van der Waals surface area (Å²) >= 11 is 0. The molecule has 0 saturated carbocycles. The number of hydrogen-bond acceptors (Lipinski definition) is 4. The number of benzene rings is 1. The zero-order valence-electron chi connectivity index (χ0n) is 17.4. The fraction of sp³-hybridized carbons (Fsp3) is 0.318. The predicted octanol–water partition coefficient (Wildman–Crippen LogP) is 3.03. The lowest BCUT2D eigenvalue weighted by molar-refractivity contribution is 0.612. The summed E-state index contributed by atoms with van der Waals surface area (Å²) in [7, 11) is 1.76. The number of aliphatic imine (C=N–C) groups is 1. The van der Waals surface area contributed by atoms with E-state index in [1.165, 1.54) is 17.2 Å². The SMILES string of the molecule is CN=C(NCc1ccccc1Cn1cccn1)NC1CCN(c2ncccc2F)C1.I. The van der Waals surface area contributed by atoms with Crippen molar-refractivity contribution in [1.29, 1.82) is 0 Å². The summed E-state index contributed by atoms with van der Waals surface area (Å²) in [5.41, 5.74) is 2.40. The largest absolute Gasteiger partial charge is 0.352 e. The molecule has 2 N–H and O–H groups in total. The van der Waals surface area contributed by atoms with Crippen molar-refractivity contribution in [3.05, 3.63) is 78.0 Å². The highest BCUT2D eigenvalue weighted by atomic mass is 127. The second-order valence-corrected chi connectivity index (χ2v) is 7.28. The molecule has 164 valence electrons. The Bertz CT molecular complexity index is 993. The summed E-state index contributed by atoms with van der Waals surface area (Å²) in [6, 6.07) is 13.5. The topological polar surface area (TPSA) is 70.4 Å². The number of pyridine rings is 1. The second-order valence-electron chi connectivity index (χ2n) is 7.28. The van der Waals surface area contributed by atoms with Gasteiger partial charge in [-0.15, -0.1) is 24.0 Å². The number of aromatic nitrogens is 3. The number of guanidine groups is 1. The van der Waals surface area contributed by atoms with Gasteiger partial charge in [-0.05, 0) is 35.7 Å². The highest BCUT2D eigenvalue weighted by Crippen LogP contribution is 2.20. The Morgan fingerprint density at radius 3 is 2.74 bits per heavy atom. The summed E-state index contributed by atoms with van der Waals surface area (Å²) < 4.78 is 15.9. The molecule has 1 aliphatic rings. The van der Waals surface area contributed by atoms with Crippen LogP contribution in [0.15, 0.2) is 66.0 Å². The van der Waals surface area contributed by atoms with Crippen LogP contribution in [0.4, 0.5) is 10.2 Å². The Hall–Kier alpha value is -2.69. The molecule has 0 amide bonds. The van der Waals surface area contributed by atoms with Crippen LogP contribution in [0.2, 0.25) is 0 Å². The van der Waals surface area contributed by atoms with E-state index in [1.807, 2.05) is 34.0 Å². The first-order valence-electron chi connectivity index (χ1n) is 10.1. The molecule has 0 spiro atoms. The van der Waals surface area contributed by atoms with Crippen molar-refractivity contribution in [1.82, 2.24) is 25.4 Å². The molecule has 0 aliphatic carbocycles. The summed E-state index contributed by atoms with van der Waals surface area (Å²) in [5, 5.41) is 11.1. The molecule has 7 nitrogen and oxygen atoms in total. The molecule has 9 heteroatoms. The van der Waals surface area contributed by atoms with E-state index in [4.69, 9.17) is 0 Å². The zero-order valence-corrected chi connectivity index (χ0v) is 19.7. The minimum Gasteiger partial charge on any atom is -0.352 e. The van der Waals surface area contributed by atoms with Crippen LogP contribution in [0.5, 0.6) is 0 Å². The third kappa shape index (κ3) is 5.93. The van der Waals surface area contributed by atoms with Crippen molar-refractivity contribution in [2.45, 2.75) is 25.6 Å². The predicted molar refractivity (Wildman–Crippen MR) is 131 cm³/mol. The Morgan fingerprint density at radius 2 is 2.00 bits per heavy atom. The quantitative estimate of drug-likeness (QED) is 0.289. The Labute approximate surface area is 198 Å². The highest BCUT2D eigenvalue weighted by molar-refractivity contribution is 14.0. The fourth-order valence-electron chi connectivity index (χ4n) is 3.70. The van der Waals surface area contributed by atoms with Crippen molar-refractivity contribution in [3.8, 4) is 0 Å². The minimum atomic E-state index is -0.283. The van der Waals surface area contributed by atoms with E-state index in [-0.39, 0.29) is 35.8 Å². The maximum absolute atomic E-state index is 14.0. The molecule has 1 unspecified atom stereocenters. The van der Waals surface area contributed by atoms with Gasteiger partial charge in [0.05, 0.1) is 6.54 Å². The highest BCUT2D eigenvalue weighted by Gasteiger charge is 2.25. The molecule has 1 saturated heterocycles. The molecule has 2 aromatic heterocycles. The maximum atomic E-state index is 14.0. The molecule has 1 atom stereocenters. The van der Waals surface area contributed by atoms with Crippen molar-refractivity contribution < 1.29 is 4.39 Å². The van der Waals surface area contributed by atoms with Gasteiger partial charge in [0, 0.05) is 51.3 Å². The molecule has 4 rings (SSSR count). The first-order valence-corrected chi connectivity index (χ1v) is 10.1. The summed E-state index contributed by atoms with van der Waals surface area (Å²) in [4.78, 5) is 10.5. The van der Waals surface area contributed by atoms with Gasteiger partial charge < -0.3 is 15.5 Å². The van der Waals surface area contributed by atoms with Gasteiger partial charge in [-0.2, -0.15) is 5.10 Å². The van der Waals surface area contributed by atoms with Crippen LogP contribution in [0.25, 0.3) is 0 Å². The Kier molecular flexibility index (Phi) is 8.21. The third-order valence-corrected chi connectivity index (χ3v) is 5.25. The lowest BCUT2D eigenvalue weighted by atomic mass is 10.1. The number of halogens is 2. The van der Waals surface area contributed by atoms with Gasteiger partial charge in [-0.1, -0.05) is 24.3 Å². The van der Waals surface area contributed by atoms with Crippen LogP contribution in [0.1, 0.15) is 17.5 Å². The average molecular weight is 535 g/mol. The third-order valence-electron chi connectivity index (χ3n) is 5.25. The van der Waals surface area contributed by atoms with E-state index in [0.29, 0.717) is 18.9 Å². The molecule has 1 aromatic carbocycles. The van der Waals surface area contributed by atoms with Gasteiger partial charge in [0.25, 0.3) is 0 Å². The fourth-order valence-corrected chi connectivity index (χ4v) is 3.70. The van der Waals surface area contributed by atoms with E-state index in [1.54, 1.807) is 25.5 Å². The molecule has 3 heterocycles. The van der Waals surface area contributed by atoms with Gasteiger partial charge in [0.2, 0.25) is 0 Å². The molecular weight excluding hydrogens is 508 g/mol. The summed E-state index contributed by atoms with van der Waals surface area (Å²) in [6.45, 7) is 2.83. The molecule has 31 heavy (non-hydrogen) atoms. The van der Waals surface area contributed by atoms with Crippen LogP contribution in [0, 0.1) is 5.82 Å². The van der Waals surface area contributed by atoms with Crippen LogP contribution in [0.3, 0.4) is 0 Å². The second kappa shape index (κ2) is 11.1. The van der Waals surface area contributed by atoms with Crippen LogP contribution in [-0.4, -0.2) is 46.9 Å². The van der Waals surface area contributed by atoms with Gasteiger partial charge in [0.15, 0.2) is 17.6 Å². The summed E-state index contributed by atoms with van der Waals surface area (Å²) in [5.74, 6) is 0.865. The lowest BCUT2D eigenvalue weighted by Gasteiger charge is -2.20. The number of hydrogen-bond donors (Lipinski definition) is 2. The van der Waals surface area contributed by atoms with Gasteiger partial charge in [0.1, 0.15) is 0 Å². The van der Waals surface area contributed by atoms with E-state index in [9.17, 15) is 4.39 Å². The van der Waals surface area contributed by atoms with Crippen molar-refractivity contribution in [3.63, 3.8) is 0 Å². The monoisotopic (exact) mass is 535 g/mol. The van der Waals surface area contributed by atoms with E-state index in [0.717, 1.165) is 25.5 Å². The smallest absolute Gasteiger partial charge is 0.191 e. The number of nitrogens with zero attached hydrogens (tertiary/aromatic N) is 5. The number of anilines is 1. The molecule has 1 fully saturated rings. The van der Waals surface area contributed by atoms with Crippen molar-refractivity contribution >= 4 is 35.8 Å². The molecule has 0 bridgehead atoms. The maximum Gasteiger partial charge on any atom is 0.191 e. The Balaban J connectivity index is 0.00000272. The van der Waals surface area contributed by atoms with Crippen LogP contribution in [-0.2, 0) is 13.1 Å². The van der Waals surface area contributed by atoms with Crippen LogP contribution >= 0.6 is 24.0 Å². The van der Waals surface area contributed by atoms with E-state index >= 15 is 0 Å². The van der Waals surface area contributed by atoms with Crippen molar-refractivity contribution in [2.75, 3.05) is 25.0 Å². The first-order chi connectivity index (χ1) is 14.7. The molecule has 1 aliphatic heterocycles. The standard InChI is InChI=1S/C22H26FN7.HI/c1-24-22(28-19-9-13-29(16-19)21-20(23)8-4-10-25-21)26-14-17-6-2-3-7-18(17)15-30-12-5-11-27-30;/h2-8,10-12,19H,9,13-16H2,1H3,(H2,24,26,28);1H. The molecule has 3 aromatic rings. The van der Waals surface area contributed by atoms with E-state index < -0.39 is 0 Å². The molecule has 0 radical (unpaired) electrons. The first kappa shape index (κ1) is 23.0. The van der Waals surface area contributed by atoms with Gasteiger partial charge >= 0.3 is 0 Å². The lowest BCUT2D eigenvalue weighted by Crippen LogP contribution is -2.44. The number of nitrogens with one attached hydrogen (secondary N) is 2. The normalized spacial score (nSPS) is 16.1. The van der Waals surface area contributed by atoms with E-state index in [2.05, 4.69) is 37.8 Å². The van der Waals surface area contributed by atoms with Gasteiger partial charge in [-0.3, -0.25) is 9.67 Å². The Morgan fingerprint density at radius 1 is 1.16 bits per heavy atom. The zero-order chi connectivity index (χ0) is 20.8. The number of rotatable bonds is 6. The average Bonchev–Trinajstić information content (AvgIpc) is 3.44. The minimum absolute atomic E-state index is 0.